The molecular weight excluding hydrogens is 388 g/mol. The number of amides is 1. The fourth-order valence-corrected chi connectivity index (χ4v) is 5.65. The Morgan fingerprint density at radius 3 is 2.32 bits per heavy atom. The van der Waals surface area contributed by atoms with Crippen molar-refractivity contribution in [3.05, 3.63) is 71.3 Å². The second-order valence-corrected chi connectivity index (χ2v) is 9.51. The molecule has 1 heterocycles. The lowest BCUT2D eigenvalue weighted by Crippen LogP contribution is -2.47. The molecule has 2 fully saturated rings. The number of aliphatic hydroxyl groups is 1. The van der Waals surface area contributed by atoms with Crippen LogP contribution in [0.3, 0.4) is 0 Å². The first kappa shape index (κ1) is 22.0. The highest BCUT2D eigenvalue weighted by Crippen LogP contribution is 2.52. The molecule has 1 saturated carbocycles. The fourth-order valence-electron chi connectivity index (χ4n) is 5.65. The molecule has 1 saturated heterocycles. The highest BCUT2D eigenvalue weighted by molar-refractivity contribution is 5.79. The number of likely N-dealkylation sites (tertiary alicyclic amines) is 1. The van der Waals surface area contributed by atoms with Crippen LogP contribution in [0.1, 0.15) is 55.1 Å². The highest BCUT2D eigenvalue weighted by Gasteiger charge is 2.50. The first-order valence-electron chi connectivity index (χ1n) is 11.2. The van der Waals surface area contributed by atoms with E-state index in [0.717, 1.165) is 43.4 Å². The molecule has 1 atom stereocenters. The Morgan fingerprint density at radius 1 is 1.03 bits per heavy atom. The van der Waals surface area contributed by atoms with Crippen molar-refractivity contribution in [1.29, 1.82) is 0 Å². The third-order valence-corrected chi connectivity index (χ3v) is 7.62. The fraction of sp³-hybridized carbons (Fsp3) is 0.500. The van der Waals surface area contributed by atoms with E-state index < -0.39 is 6.29 Å². The first-order valence-corrected chi connectivity index (χ1v) is 11.2. The van der Waals surface area contributed by atoms with Gasteiger partial charge in [-0.2, -0.15) is 0 Å². The van der Waals surface area contributed by atoms with Gasteiger partial charge in [0, 0.05) is 37.7 Å². The van der Waals surface area contributed by atoms with E-state index in [4.69, 9.17) is 4.74 Å². The summed E-state index contributed by atoms with van der Waals surface area (Å²) >= 11 is 0. The van der Waals surface area contributed by atoms with Crippen LogP contribution in [0, 0.1) is 5.41 Å². The van der Waals surface area contributed by atoms with Crippen molar-refractivity contribution in [1.82, 2.24) is 9.80 Å². The van der Waals surface area contributed by atoms with Crippen LogP contribution in [0.5, 0.6) is 0 Å². The first-order chi connectivity index (χ1) is 14.9. The molecule has 0 aromatic heterocycles. The Balaban J connectivity index is 1.49. The SMILES string of the molecule is COC(O)c1ccccc1CN1C[C@]2(CC[C@](c3ccccc3)(N(C)C)CC2)CC1=O. The predicted molar refractivity (Wildman–Crippen MR) is 121 cm³/mol. The van der Waals surface area contributed by atoms with Crippen LogP contribution in [0.2, 0.25) is 0 Å². The molecule has 31 heavy (non-hydrogen) atoms. The Kier molecular flexibility index (Phi) is 6.20. The van der Waals surface area contributed by atoms with E-state index >= 15 is 0 Å². The topological polar surface area (TPSA) is 53.0 Å². The van der Waals surface area contributed by atoms with Gasteiger partial charge >= 0.3 is 0 Å². The maximum absolute atomic E-state index is 13.0. The van der Waals surface area contributed by atoms with E-state index in [1.54, 1.807) is 0 Å². The average Bonchev–Trinajstić information content (AvgIpc) is 3.09. The van der Waals surface area contributed by atoms with E-state index in [1.807, 2.05) is 29.2 Å². The van der Waals surface area contributed by atoms with Crippen LogP contribution in [0.25, 0.3) is 0 Å². The Morgan fingerprint density at radius 2 is 1.68 bits per heavy atom. The lowest BCUT2D eigenvalue weighted by Gasteiger charge is -2.48. The molecule has 4 rings (SSSR count). The van der Waals surface area contributed by atoms with Gasteiger partial charge in [0.1, 0.15) is 0 Å². The van der Waals surface area contributed by atoms with Gasteiger partial charge in [0.05, 0.1) is 0 Å². The molecule has 2 aromatic rings. The number of ether oxygens (including phenoxy) is 1. The van der Waals surface area contributed by atoms with Crippen LogP contribution >= 0.6 is 0 Å². The lowest BCUT2D eigenvalue weighted by molar-refractivity contribution is -0.128. The van der Waals surface area contributed by atoms with Crippen molar-refractivity contribution in [2.24, 2.45) is 5.41 Å². The molecule has 5 heteroatoms. The number of aliphatic hydroxyl groups excluding tert-OH is 1. The summed E-state index contributed by atoms with van der Waals surface area (Å²) in [7, 11) is 5.84. The maximum atomic E-state index is 13.0. The molecule has 0 radical (unpaired) electrons. The van der Waals surface area contributed by atoms with Crippen molar-refractivity contribution in [3.63, 3.8) is 0 Å². The van der Waals surface area contributed by atoms with Crippen LogP contribution in [0.15, 0.2) is 54.6 Å². The molecule has 1 aliphatic carbocycles. The molecule has 2 aliphatic rings. The molecule has 1 spiro atoms. The van der Waals surface area contributed by atoms with Crippen LogP contribution < -0.4 is 0 Å². The Labute approximate surface area is 185 Å². The second-order valence-electron chi connectivity index (χ2n) is 9.51. The summed E-state index contributed by atoms with van der Waals surface area (Å²) in [6, 6.07) is 18.5. The van der Waals surface area contributed by atoms with Gasteiger partial charge in [0.15, 0.2) is 6.29 Å². The van der Waals surface area contributed by atoms with Gasteiger partial charge in [-0.25, -0.2) is 0 Å². The Hall–Kier alpha value is -2.21. The third-order valence-electron chi connectivity index (χ3n) is 7.62. The van der Waals surface area contributed by atoms with Crippen molar-refractivity contribution in [2.75, 3.05) is 27.7 Å². The number of benzene rings is 2. The second kappa shape index (κ2) is 8.73. The number of rotatable bonds is 6. The van der Waals surface area contributed by atoms with Gasteiger partial charge in [0.25, 0.3) is 0 Å². The molecule has 1 unspecified atom stereocenters. The number of hydrogen-bond donors (Lipinski definition) is 1. The number of nitrogens with zero attached hydrogens (tertiary/aromatic N) is 2. The molecule has 1 N–H and O–H groups in total. The summed E-state index contributed by atoms with van der Waals surface area (Å²) < 4.78 is 5.11. The van der Waals surface area contributed by atoms with Crippen LogP contribution in [-0.2, 0) is 21.6 Å². The van der Waals surface area contributed by atoms with Crippen LogP contribution in [-0.4, -0.2) is 48.6 Å². The molecule has 5 nitrogen and oxygen atoms in total. The largest absolute Gasteiger partial charge is 0.364 e. The standard InChI is InChI=1S/C26H34N2O3/c1-27(2)26(21-10-5-4-6-11-21)15-13-25(14-16-26)17-23(29)28(19-25)18-20-9-7-8-12-22(20)24(30)31-3/h4-12,24,30H,13-19H2,1-3H3/t24?,25-,26-. The monoisotopic (exact) mass is 422 g/mol. The number of carbonyl (C=O) groups excluding carboxylic acids is 1. The summed E-state index contributed by atoms with van der Waals surface area (Å²) in [6.45, 7) is 1.32. The average molecular weight is 423 g/mol. The van der Waals surface area contributed by atoms with E-state index in [0.29, 0.717) is 13.0 Å². The minimum absolute atomic E-state index is 0.0398. The quantitative estimate of drug-likeness (QED) is 0.713. The van der Waals surface area contributed by atoms with E-state index in [9.17, 15) is 9.90 Å². The third kappa shape index (κ3) is 4.14. The van der Waals surface area contributed by atoms with Gasteiger partial charge in [-0.05, 0) is 56.3 Å². The summed E-state index contributed by atoms with van der Waals surface area (Å²) in [5.41, 5.74) is 3.15. The van der Waals surface area contributed by atoms with E-state index in [2.05, 4.69) is 49.3 Å². The number of carbonyl (C=O) groups is 1. The zero-order valence-corrected chi connectivity index (χ0v) is 18.9. The predicted octanol–water partition coefficient (Wildman–Crippen LogP) is 4.07. The summed E-state index contributed by atoms with van der Waals surface area (Å²) in [5.74, 6) is 0.221. The van der Waals surface area contributed by atoms with Gasteiger partial charge in [-0.3, -0.25) is 9.69 Å². The lowest BCUT2D eigenvalue weighted by atomic mass is 9.64. The molecular formula is C26H34N2O3. The van der Waals surface area contributed by atoms with Crippen molar-refractivity contribution in [2.45, 2.75) is 50.5 Å². The van der Waals surface area contributed by atoms with Crippen molar-refractivity contribution < 1.29 is 14.6 Å². The zero-order valence-electron chi connectivity index (χ0n) is 18.9. The van der Waals surface area contributed by atoms with Crippen molar-refractivity contribution in [3.8, 4) is 0 Å². The highest BCUT2D eigenvalue weighted by atomic mass is 16.6. The number of methoxy groups -OCH3 is 1. The Bertz CT molecular complexity index is 904. The van der Waals surface area contributed by atoms with E-state index in [1.165, 1.54) is 12.7 Å². The summed E-state index contributed by atoms with van der Waals surface area (Å²) in [5, 5.41) is 10.2. The molecule has 2 aromatic carbocycles. The smallest absolute Gasteiger partial charge is 0.223 e. The molecule has 1 aliphatic heterocycles. The van der Waals surface area contributed by atoms with Crippen molar-refractivity contribution >= 4 is 5.91 Å². The summed E-state index contributed by atoms with van der Waals surface area (Å²) in [6.07, 6.45) is 3.87. The minimum Gasteiger partial charge on any atom is -0.364 e. The van der Waals surface area contributed by atoms with E-state index in [-0.39, 0.29) is 16.9 Å². The van der Waals surface area contributed by atoms with Gasteiger partial charge in [-0.15, -0.1) is 0 Å². The zero-order chi connectivity index (χ0) is 22.1. The van der Waals surface area contributed by atoms with Gasteiger partial charge in [-0.1, -0.05) is 54.6 Å². The normalized spacial score (nSPS) is 27.3. The maximum Gasteiger partial charge on any atom is 0.223 e. The molecule has 0 bridgehead atoms. The summed E-state index contributed by atoms with van der Waals surface area (Å²) in [4.78, 5) is 17.3. The van der Waals surface area contributed by atoms with Crippen LogP contribution in [0.4, 0.5) is 0 Å². The van der Waals surface area contributed by atoms with Gasteiger partial charge in [0.2, 0.25) is 5.91 Å². The molecule has 166 valence electrons. The van der Waals surface area contributed by atoms with Gasteiger partial charge < -0.3 is 14.7 Å². The minimum atomic E-state index is -0.968. The number of hydrogen-bond acceptors (Lipinski definition) is 4. The molecule has 1 amide bonds.